The Labute approximate surface area is 114 Å². The van der Waals surface area contributed by atoms with Gasteiger partial charge in [-0.2, -0.15) is 4.57 Å². The Morgan fingerprint density at radius 3 is 2.75 bits per heavy atom. The van der Waals surface area contributed by atoms with E-state index in [0.29, 0.717) is 0 Å². The van der Waals surface area contributed by atoms with Gasteiger partial charge in [-0.15, -0.1) is 0 Å². The topological polar surface area (TPSA) is 42.6 Å². The summed E-state index contributed by atoms with van der Waals surface area (Å²) in [6.45, 7) is 0.264. The molecule has 5 rings (SSSR count). The molecule has 2 aromatic carbocycles. The van der Waals surface area contributed by atoms with Crippen molar-refractivity contribution in [1.82, 2.24) is 0 Å². The van der Waals surface area contributed by atoms with Gasteiger partial charge in [0.15, 0.2) is 23.9 Å². The number of aromatic hydroxyl groups is 1. The highest BCUT2D eigenvalue weighted by Crippen LogP contribution is 2.39. The molecule has 0 saturated heterocycles. The first-order chi connectivity index (χ1) is 9.79. The minimum absolute atomic E-state index is 0.264. The fraction of sp³-hybridized carbons (Fsp3) is 0.0625. The number of nitrogens with zero attached hydrogens (tertiary/aromatic N) is 1. The van der Waals surface area contributed by atoms with Crippen LogP contribution in [0.5, 0.6) is 17.2 Å². The van der Waals surface area contributed by atoms with Gasteiger partial charge in [0.2, 0.25) is 12.3 Å². The van der Waals surface area contributed by atoms with Crippen molar-refractivity contribution >= 4 is 34.0 Å². The van der Waals surface area contributed by atoms with Gasteiger partial charge in [-0.05, 0) is 24.3 Å². The van der Waals surface area contributed by atoms with E-state index >= 15 is 0 Å². The molecule has 2 aliphatic heterocycles. The van der Waals surface area contributed by atoms with Crippen LogP contribution >= 0.6 is 0 Å². The number of phenols is 1. The number of ether oxygens (including phenoxy) is 2. The van der Waals surface area contributed by atoms with E-state index in [0.717, 1.165) is 38.7 Å². The second-order valence-corrected chi connectivity index (χ2v) is 5.08. The molecule has 1 N–H and O–H groups in total. The van der Waals surface area contributed by atoms with Crippen LogP contribution in [0.2, 0.25) is 0 Å². The van der Waals surface area contributed by atoms with Crippen LogP contribution in [0.4, 0.5) is 0 Å². The van der Waals surface area contributed by atoms with Crippen LogP contribution in [0.25, 0.3) is 34.0 Å². The molecule has 2 aliphatic rings. The van der Waals surface area contributed by atoms with Crippen molar-refractivity contribution in [2.75, 3.05) is 6.79 Å². The third-order valence-electron chi connectivity index (χ3n) is 3.91. The minimum atomic E-state index is 0.264. The highest BCUT2D eigenvalue weighted by Gasteiger charge is 2.23. The standard InChI is InChI=1S/C16H9NO3/c18-11-3-9-1-2-17-7-10-4-14-15(20-8-19-14)6-12(10)13(5-11)16(9)17/h1-7H,8H2/p+1. The zero-order valence-corrected chi connectivity index (χ0v) is 10.5. The number of hydrogen-bond donors (Lipinski definition) is 1. The molecule has 0 atom stereocenters. The molecule has 0 amide bonds. The maximum absolute atomic E-state index is 9.92. The summed E-state index contributed by atoms with van der Waals surface area (Å²) in [5, 5.41) is 13.1. The van der Waals surface area contributed by atoms with Crippen LogP contribution in [0.3, 0.4) is 0 Å². The molecular formula is C16H10NO3+. The number of phenolic OH excluding ortho intramolecular Hbond substituents is 1. The highest BCUT2D eigenvalue weighted by atomic mass is 16.7. The minimum Gasteiger partial charge on any atom is -0.508 e. The van der Waals surface area contributed by atoms with Crippen LogP contribution in [0.15, 0.2) is 30.5 Å². The Balaban J connectivity index is 2.03. The summed E-state index contributed by atoms with van der Waals surface area (Å²) in [5.41, 5.74) is 2.13. The fourth-order valence-electron chi connectivity index (χ4n) is 3.05. The lowest BCUT2D eigenvalue weighted by Gasteiger charge is -2.04. The van der Waals surface area contributed by atoms with E-state index in [-0.39, 0.29) is 12.5 Å². The highest BCUT2D eigenvalue weighted by molar-refractivity contribution is 6.09. The summed E-state index contributed by atoms with van der Waals surface area (Å²) in [6, 6.07) is 7.55. The number of rotatable bonds is 0. The lowest BCUT2D eigenvalue weighted by atomic mass is 10.0. The summed E-state index contributed by atoms with van der Waals surface area (Å²) >= 11 is 0. The number of benzene rings is 2. The zero-order chi connectivity index (χ0) is 13.3. The maximum atomic E-state index is 9.92. The quantitative estimate of drug-likeness (QED) is 0.392. The number of hydrogen-bond acceptors (Lipinski definition) is 3. The average molecular weight is 264 g/mol. The Hall–Kier alpha value is -2.75. The summed E-state index contributed by atoms with van der Waals surface area (Å²) in [4.78, 5) is 0. The molecule has 20 heavy (non-hydrogen) atoms. The first kappa shape index (κ1) is 10.1. The fourth-order valence-corrected chi connectivity index (χ4v) is 3.05. The van der Waals surface area contributed by atoms with Crippen molar-refractivity contribution < 1.29 is 19.1 Å². The third-order valence-corrected chi connectivity index (χ3v) is 3.91. The van der Waals surface area contributed by atoms with Crippen molar-refractivity contribution in [2.45, 2.75) is 0 Å². The van der Waals surface area contributed by atoms with Crippen molar-refractivity contribution in [2.24, 2.45) is 0 Å². The Kier molecular flexibility index (Phi) is 1.62. The normalized spacial score (nSPS) is 14.6. The predicted octanol–water partition coefficient (Wildman–Crippen LogP) is 2.66. The summed E-state index contributed by atoms with van der Waals surface area (Å²) < 4.78 is 13.0. The lowest BCUT2D eigenvalue weighted by molar-refractivity contribution is -0.534. The lowest BCUT2D eigenvalue weighted by Crippen LogP contribution is -2.24. The monoisotopic (exact) mass is 264 g/mol. The SMILES string of the molecule is Oc1cc2c3c(c1)c1cc4c(cc1c[n+]3C=C2)OCO4. The molecule has 0 bridgehead atoms. The average Bonchev–Trinajstić information content (AvgIpc) is 3.04. The van der Waals surface area contributed by atoms with Gasteiger partial charge in [-0.1, -0.05) is 0 Å². The molecule has 3 heterocycles. The van der Waals surface area contributed by atoms with E-state index in [1.165, 1.54) is 0 Å². The van der Waals surface area contributed by atoms with E-state index in [1.54, 1.807) is 12.1 Å². The maximum Gasteiger partial charge on any atom is 0.231 e. The molecule has 0 radical (unpaired) electrons. The second kappa shape index (κ2) is 3.22. The summed E-state index contributed by atoms with van der Waals surface area (Å²) in [7, 11) is 0. The van der Waals surface area contributed by atoms with Crippen LogP contribution in [0.1, 0.15) is 5.56 Å². The van der Waals surface area contributed by atoms with E-state index in [9.17, 15) is 5.11 Å². The molecule has 1 aromatic heterocycles. The number of pyridine rings is 1. The van der Waals surface area contributed by atoms with Gasteiger partial charge >= 0.3 is 0 Å². The second-order valence-electron chi connectivity index (χ2n) is 5.08. The summed E-state index contributed by atoms with van der Waals surface area (Å²) in [5.74, 6) is 1.80. The molecule has 0 fully saturated rings. The Morgan fingerprint density at radius 1 is 1.00 bits per heavy atom. The molecule has 3 aromatic rings. The molecule has 4 heteroatoms. The molecule has 96 valence electrons. The molecule has 0 spiro atoms. The molecular weight excluding hydrogens is 254 g/mol. The zero-order valence-electron chi connectivity index (χ0n) is 10.5. The largest absolute Gasteiger partial charge is 0.508 e. The van der Waals surface area contributed by atoms with Gasteiger partial charge in [-0.25, -0.2) is 0 Å². The molecule has 0 aliphatic carbocycles. The van der Waals surface area contributed by atoms with Crippen LogP contribution in [-0.2, 0) is 0 Å². The Bertz CT molecular complexity index is 944. The van der Waals surface area contributed by atoms with E-state index in [2.05, 4.69) is 10.8 Å². The first-order valence-corrected chi connectivity index (χ1v) is 6.42. The first-order valence-electron chi connectivity index (χ1n) is 6.42. The smallest absolute Gasteiger partial charge is 0.231 e. The van der Waals surface area contributed by atoms with Crippen LogP contribution < -0.4 is 14.0 Å². The van der Waals surface area contributed by atoms with Gasteiger partial charge in [0.25, 0.3) is 0 Å². The van der Waals surface area contributed by atoms with E-state index in [1.807, 2.05) is 24.4 Å². The van der Waals surface area contributed by atoms with Gasteiger partial charge in [0, 0.05) is 11.5 Å². The molecule has 0 saturated carbocycles. The van der Waals surface area contributed by atoms with Crippen molar-refractivity contribution in [3.63, 3.8) is 0 Å². The predicted molar refractivity (Wildman–Crippen MR) is 74.7 cm³/mol. The molecule has 4 nitrogen and oxygen atoms in total. The van der Waals surface area contributed by atoms with Crippen molar-refractivity contribution in [3.8, 4) is 17.2 Å². The van der Waals surface area contributed by atoms with Crippen LogP contribution in [-0.4, -0.2) is 11.9 Å². The van der Waals surface area contributed by atoms with Gasteiger partial charge in [0.05, 0.1) is 16.3 Å². The van der Waals surface area contributed by atoms with Gasteiger partial charge in [0.1, 0.15) is 5.75 Å². The molecule has 0 unspecified atom stereocenters. The number of aromatic nitrogens is 1. The Morgan fingerprint density at radius 2 is 1.85 bits per heavy atom. The summed E-state index contributed by atoms with van der Waals surface area (Å²) in [6.07, 6.45) is 6.08. The van der Waals surface area contributed by atoms with E-state index in [4.69, 9.17) is 9.47 Å². The third kappa shape index (κ3) is 1.13. The van der Waals surface area contributed by atoms with Crippen molar-refractivity contribution in [3.05, 3.63) is 36.0 Å². The van der Waals surface area contributed by atoms with Gasteiger partial charge in [-0.3, -0.25) is 0 Å². The number of fused-ring (bicyclic) bond motifs is 3. The van der Waals surface area contributed by atoms with Crippen LogP contribution in [0, 0.1) is 0 Å². The van der Waals surface area contributed by atoms with Gasteiger partial charge < -0.3 is 14.6 Å². The van der Waals surface area contributed by atoms with E-state index < -0.39 is 0 Å². The van der Waals surface area contributed by atoms with Crippen molar-refractivity contribution in [1.29, 1.82) is 0 Å².